The molecule has 19 heavy (non-hydrogen) atoms. The molecular formula is C14H16ClNO3. The Morgan fingerprint density at radius 3 is 2.63 bits per heavy atom. The molecule has 1 aromatic rings. The van der Waals surface area contributed by atoms with Gasteiger partial charge in [0.25, 0.3) is 0 Å². The topological polar surface area (TPSA) is 59.3 Å². The number of halogens is 1. The van der Waals surface area contributed by atoms with Gasteiger partial charge in [-0.25, -0.2) is 0 Å². The number of nitriles is 1. The number of rotatable bonds is 4. The Labute approximate surface area is 117 Å². The summed E-state index contributed by atoms with van der Waals surface area (Å²) in [5.74, 6) is 0.208. The fourth-order valence-electron chi connectivity index (χ4n) is 1.32. The second-order valence-corrected chi connectivity index (χ2v) is 5.35. The van der Waals surface area contributed by atoms with E-state index in [1.165, 1.54) is 0 Å². The third-order valence-electron chi connectivity index (χ3n) is 2.06. The van der Waals surface area contributed by atoms with Crippen LogP contribution < -0.4 is 4.74 Å². The van der Waals surface area contributed by atoms with Crippen molar-refractivity contribution in [3.8, 4) is 11.8 Å². The van der Waals surface area contributed by atoms with Crippen LogP contribution in [0.1, 0.15) is 32.8 Å². The van der Waals surface area contributed by atoms with E-state index in [4.69, 9.17) is 26.3 Å². The minimum absolute atomic E-state index is 0.162. The molecule has 0 aliphatic rings. The van der Waals surface area contributed by atoms with Crippen LogP contribution >= 0.6 is 11.6 Å². The number of benzene rings is 1. The molecule has 4 nitrogen and oxygen atoms in total. The minimum atomic E-state index is -0.491. The molecule has 0 unspecified atom stereocenters. The largest absolute Gasteiger partial charge is 0.493 e. The van der Waals surface area contributed by atoms with E-state index in [0.29, 0.717) is 16.3 Å². The van der Waals surface area contributed by atoms with Gasteiger partial charge in [-0.15, -0.1) is 0 Å². The molecule has 0 heterocycles. The van der Waals surface area contributed by atoms with Crippen molar-refractivity contribution in [2.45, 2.75) is 32.8 Å². The van der Waals surface area contributed by atoms with E-state index in [-0.39, 0.29) is 19.0 Å². The molecule has 0 saturated carbocycles. The van der Waals surface area contributed by atoms with Gasteiger partial charge >= 0.3 is 5.97 Å². The highest BCUT2D eigenvalue weighted by atomic mass is 35.5. The average Bonchev–Trinajstić information content (AvgIpc) is 2.26. The Bertz CT molecular complexity index is 500. The van der Waals surface area contributed by atoms with E-state index >= 15 is 0 Å². The summed E-state index contributed by atoms with van der Waals surface area (Å²) < 4.78 is 10.5. The second kappa shape index (κ2) is 6.44. The number of ether oxygens (including phenoxy) is 2. The van der Waals surface area contributed by atoms with E-state index < -0.39 is 5.60 Å². The van der Waals surface area contributed by atoms with Crippen molar-refractivity contribution in [1.29, 1.82) is 5.26 Å². The lowest BCUT2D eigenvalue weighted by molar-refractivity contribution is -0.155. The van der Waals surface area contributed by atoms with E-state index in [1.807, 2.05) is 26.8 Å². The number of nitrogens with zero attached hydrogens (tertiary/aromatic N) is 1. The van der Waals surface area contributed by atoms with Gasteiger partial charge < -0.3 is 9.47 Å². The highest BCUT2D eigenvalue weighted by Gasteiger charge is 2.15. The molecule has 5 heteroatoms. The van der Waals surface area contributed by atoms with Crippen LogP contribution in [0.5, 0.6) is 5.75 Å². The molecule has 0 aliphatic heterocycles. The van der Waals surface area contributed by atoms with Gasteiger partial charge in [0.2, 0.25) is 0 Å². The fraction of sp³-hybridized carbons (Fsp3) is 0.429. The first-order chi connectivity index (χ1) is 8.81. The average molecular weight is 282 g/mol. The molecule has 1 rings (SSSR count). The minimum Gasteiger partial charge on any atom is -0.493 e. The van der Waals surface area contributed by atoms with Crippen molar-refractivity contribution in [3.05, 3.63) is 28.8 Å². The van der Waals surface area contributed by atoms with Crippen molar-refractivity contribution in [1.82, 2.24) is 0 Å². The maximum atomic E-state index is 11.4. The van der Waals surface area contributed by atoms with Crippen LogP contribution in [0.4, 0.5) is 0 Å². The first-order valence-electron chi connectivity index (χ1n) is 5.86. The first-order valence-corrected chi connectivity index (χ1v) is 6.24. The summed E-state index contributed by atoms with van der Waals surface area (Å²) in [5.41, 5.74) is -0.101. The van der Waals surface area contributed by atoms with Gasteiger partial charge in [-0.2, -0.15) is 5.26 Å². The van der Waals surface area contributed by atoms with E-state index in [9.17, 15) is 4.79 Å². The Morgan fingerprint density at radius 2 is 2.11 bits per heavy atom. The molecule has 0 aromatic heterocycles. The smallest absolute Gasteiger partial charge is 0.309 e. The molecule has 0 spiro atoms. The van der Waals surface area contributed by atoms with Gasteiger partial charge in [0.15, 0.2) is 0 Å². The van der Waals surface area contributed by atoms with Gasteiger partial charge in [0.05, 0.1) is 23.6 Å². The van der Waals surface area contributed by atoms with Crippen molar-refractivity contribution in [2.75, 3.05) is 6.61 Å². The van der Waals surface area contributed by atoms with Crippen LogP contribution in [-0.2, 0) is 9.53 Å². The Morgan fingerprint density at radius 1 is 1.42 bits per heavy atom. The Balaban J connectivity index is 2.44. The third kappa shape index (κ3) is 5.62. The SMILES string of the molecule is CC(C)(C)OC(=O)CCOc1ccc(C#N)c(Cl)c1. The zero-order chi connectivity index (χ0) is 14.5. The van der Waals surface area contributed by atoms with Gasteiger partial charge in [-0.1, -0.05) is 11.6 Å². The number of carbonyl (C=O) groups is 1. The van der Waals surface area contributed by atoms with E-state index in [0.717, 1.165) is 0 Å². The fourth-order valence-corrected chi connectivity index (χ4v) is 1.53. The predicted octanol–water partition coefficient (Wildman–Crippen LogP) is 3.32. The van der Waals surface area contributed by atoms with Gasteiger partial charge in [-0.05, 0) is 32.9 Å². The molecular weight excluding hydrogens is 266 g/mol. The normalized spacial score (nSPS) is 10.7. The lowest BCUT2D eigenvalue weighted by Crippen LogP contribution is -2.24. The molecule has 102 valence electrons. The summed E-state index contributed by atoms with van der Waals surface area (Å²) in [6, 6.07) is 6.72. The van der Waals surface area contributed by atoms with Gasteiger partial charge in [-0.3, -0.25) is 4.79 Å². The summed E-state index contributed by atoms with van der Waals surface area (Å²) in [6.45, 7) is 5.64. The summed E-state index contributed by atoms with van der Waals surface area (Å²) in [5, 5.41) is 9.06. The molecule has 0 radical (unpaired) electrons. The van der Waals surface area contributed by atoms with Crippen molar-refractivity contribution in [3.63, 3.8) is 0 Å². The lowest BCUT2D eigenvalue weighted by Gasteiger charge is -2.19. The highest BCUT2D eigenvalue weighted by Crippen LogP contribution is 2.22. The van der Waals surface area contributed by atoms with Crippen molar-refractivity contribution >= 4 is 17.6 Å². The van der Waals surface area contributed by atoms with Crippen LogP contribution in [0.25, 0.3) is 0 Å². The van der Waals surface area contributed by atoms with Crippen LogP contribution in [0.2, 0.25) is 5.02 Å². The summed E-state index contributed by atoms with van der Waals surface area (Å²) in [4.78, 5) is 11.4. The van der Waals surface area contributed by atoms with Crippen LogP contribution in [0, 0.1) is 11.3 Å². The quantitative estimate of drug-likeness (QED) is 0.794. The lowest BCUT2D eigenvalue weighted by atomic mass is 10.2. The highest BCUT2D eigenvalue weighted by molar-refractivity contribution is 6.31. The molecule has 0 atom stereocenters. The van der Waals surface area contributed by atoms with Crippen LogP contribution in [0.15, 0.2) is 18.2 Å². The predicted molar refractivity (Wildman–Crippen MR) is 72.1 cm³/mol. The van der Waals surface area contributed by atoms with Crippen molar-refractivity contribution in [2.24, 2.45) is 0 Å². The van der Waals surface area contributed by atoms with Gasteiger partial charge in [0, 0.05) is 6.07 Å². The van der Waals surface area contributed by atoms with Gasteiger partial charge in [0.1, 0.15) is 17.4 Å². The number of esters is 1. The standard InChI is InChI=1S/C14H16ClNO3/c1-14(2,3)19-13(17)6-7-18-11-5-4-10(9-16)12(15)8-11/h4-5,8H,6-7H2,1-3H3. The molecule has 0 aliphatic carbocycles. The summed E-state index contributed by atoms with van der Waals surface area (Å²) >= 11 is 5.86. The molecule has 1 aromatic carbocycles. The Hall–Kier alpha value is -1.73. The maximum absolute atomic E-state index is 11.4. The molecule has 0 N–H and O–H groups in total. The first kappa shape index (κ1) is 15.3. The molecule has 0 bridgehead atoms. The molecule has 0 saturated heterocycles. The van der Waals surface area contributed by atoms with Crippen molar-refractivity contribution < 1.29 is 14.3 Å². The summed E-state index contributed by atoms with van der Waals surface area (Å²) in [6.07, 6.45) is 0.162. The van der Waals surface area contributed by atoms with Crippen LogP contribution in [0.3, 0.4) is 0 Å². The second-order valence-electron chi connectivity index (χ2n) is 4.94. The molecule has 0 fully saturated rings. The van der Waals surface area contributed by atoms with E-state index in [2.05, 4.69) is 0 Å². The summed E-state index contributed by atoms with van der Waals surface area (Å²) in [7, 11) is 0. The molecule has 0 amide bonds. The number of hydrogen-bond acceptors (Lipinski definition) is 4. The van der Waals surface area contributed by atoms with Crippen LogP contribution in [-0.4, -0.2) is 18.2 Å². The zero-order valence-electron chi connectivity index (χ0n) is 11.2. The Kier molecular flexibility index (Phi) is 5.20. The number of hydrogen-bond donors (Lipinski definition) is 0. The maximum Gasteiger partial charge on any atom is 0.309 e. The third-order valence-corrected chi connectivity index (χ3v) is 2.37. The van der Waals surface area contributed by atoms with E-state index in [1.54, 1.807) is 18.2 Å². The monoisotopic (exact) mass is 281 g/mol. The number of carbonyl (C=O) groups excluding carboxylic acids is 1. The zero-order valence-corrected chi connectivity index (χ0v) is 12.0.